The minimum Gasteiger partial charge on any atom is -0.388 e. The summed E-state index contributed by atoms with van der Waals surface area (Å²) in [4.78, 5) is 18.9. The van der Waals surface area contributed by atoms with Gasteiger partial charge in [0.2, 0.25) is 0 Å². The van der Waals surface area contributed by atoms with Crippen LogP contribution in [0.15, 0.2) is 54.6 Å². The van der Waals surface area contributed by atoms with E-state index >= 15 is 0 Å². The Morgan fingerprint density at radius 2 is 1.71 bits per heavy atom. The van der Waals surface area contributed by atoms with Crippen molar-refractivity contribution in [1.82, 2.24) is 4.98 Å². The van der Waals surface area contributed by atoms with Gasteiger partial charge in [-0.1, -0.05) is 62.7 Å². The zero-order valence-corrected chi connectivity index (χ0v) is 19.8. The summed E-state index contributed by atoms with van der Waals surface area (Å²) in [5, 5.41) is 11.4. The van der Waals surface area contributed by atoms with E-state index in [4.69, 9.17) is 4.98 Å². The van der Waals surface area contributed by atoms with Crippen molar-refractivity contribution in [3.63, 3.8) is 0 Å². The highest BCUT2D eigenvalue weighted by atomic mass is 19.4. The van der Waals surface area contributed by atoms with Crippen molar-refractivity contribution in [3.8, 4) is 11.1 Å². The number of benzene rings is 2. The first kappa shape index (κ1) is 23.7. The lowest BCUT2D eigenvalue weighted by Crippen LogP contribution is -2.38. The molecule has 0 radical (unpaired) electrons. The van der Waals surface area contributed by atoms with Gasteiger partial charge in [0.25, 0.3) is 0 Å². The van der Waals surface area contributed by atoms with Crippen LogP contribution in [0.2, 0.25) is 0 Å². The lowest BCUT2D eigenvalue weighted by atomic mass is 9.59. The van der Waals surface area contributed by atoms with Gasteiger partial charge in [0.15, 0.2) is 5.78 Å². The second-order valence-corrected chi connectivity index (χ2v) is 10.3. The molecule has 182 valence electrons. The molecular formula is C29H28F3NO2. The van der Waals surface area contributed by atoms with Crippen molar-refractivity contribution in [2.75, 3.05) is 0 Å². The molecule has 2 aliphatic rings. The number of hydrogen-bond acceptors (Lipinski definition) is 3. The van der Waals surface area contributed by atoms with E-state index in [1.54, 1.807) is 0 Å². The van der Waals surface area contributed by atoms with Crippen LogP contribution >= 0.6 is 0 Å². The van der Waals surface area contributed by atoms with Gasteiger partial charge in [-0.2, -0.15) is 13.2 Å². The maximum absolute atomic E-state index is 13.9. The highest BCUT2D eigenvalue weighted by molar-refractivity contribution is 6.14. The molecule has 0 unspecified atom stereocenters. The summed E-state index contributed by atoms with van der Waals surface area (Å²) in [6.45, 7) is 3.93. The summed E-state index contributed by atoms with van der Waals surface area (Å²) < 4.78 is 39.3. The normalized spacial score (nSPS) is 18.9. The Morgan fingerprint density at radius 1 is 1.06 bits per heavy atom. The first-order valence-electron chi connectivity index (χ1n) is 12.1. The number of aliphatic hydroxyl groups excluding tert-OH is 1. The number of halogens is 3. The van der Waals surface area contributed by atoms with Crippen LogP contribution in [0.1, 0.15) is 90.0 Å². The summed E-state index contributed by atoms with van der Waals surface area (Å²) in [6.07, 6.45) is -0.541. The molecule has 3 aromatic rings. The van der Waals surface area contributed by atoms with Crippen LogP contribution in [0, 0.1) is 5.41 Å². The topological polar surface area (TPSA) is 50.2 Å². The molecule has 2 aromatic carbocycles. The molecule has 35 heavy (non-hydrogen) atoms. The zero-order chi connectivity index (χ0) is 25.0. The van der Waals surface area contributed by atoms with Gasteiger partial charge in [-0.15, -0.1) is 0 Å². The highest BCUT2D eigenvalue weighted by Gasteiger charge is 2.45. The fraction of sp³-hybridized carbons (Fsp3) is 0.379. The van der Waals surface area contributed by atoms with E-state index in [0.717, 1.165) is 49.1 Å². The summed E-state index contributed by atoms with van der Waals surface area (Å²) in [7, 11) is 0. The van der Waals surface area contributed by atoms with Gasteiger partial charge in [0.1, 0.15) is 0 Å². The standard InChI is InChI=1S/C29H28F3NO2/c1-17(2)26-25(27(35)19-9-11-20(12-10-19)29(30,31)32)23(18-7-4-3-5-8-18)24-21(33-26)15-28(13-6-14-28)16-22(24)34/h3-5,7-12,17,22,34H,6,13-16H2,1-2H3/t22-/m0/s1. The maximum atomic E-state index is 13.9. The molecule has 5 rings (SSSR count). The molecular weight excluding hydrogens is 451 g/mol. The van der Waals surface area contributed by atoms with Crippen LogP contribution in [0.3, 0.4) is 0 Å². The maximum Gasteiger partial charge on any atom is 0.416 e. The number of aromatic nitrogens is 1. The average Bonchev–Trinajstić information content (AvgIpc) is 2.81. The summed E-state index contributed by atoms with van der Waals surface area (Å²) in [5.74, 6) is -0.472. The summed E-state index contributed by atoms with van der Waals surface area (Å²) >= 11 is 0. The minimum absolute atomic E-state index is 0.0700. The van der Waals surface area contributed by atoms with Gasteiger partial charge in [0.05, 0.1) is 22.9 Å². The third-order valence-corrected chi connectivity index (χ3v) is 7.57. The Hall–Kier alpha value is -2.99. The molecule has 0 amide bonds. The third kappa shape index (κ3) is 4.18. The first-order valence-corrected chi connectivity index (χ1v) is 12.1. The minimum atomic E-state index is -4.48. The van der Waals surface area contributed by atoms with Crippen molar-refractivity contribution in [2.45, 2.75) is 64.1 Å². The van der Waals surface area contributed by atoms with Gasteiger partial charge in [-0.25, -0.2) is 0 Å². The fourth-order valence-electron chi connectivity index (χ4n) is 5.67. The lowest BCUT2D eigenvalue weighted by molar-refractivity contribution is -0.137. The Balaban J connectivity index is 1.74. The van der Waals surface area contributed by atoms with Gasteiger partial charge >= 0.3 is 6.18 Å². The van der Waals surface area contributed by atoms with E-state index in [1.807, 2.05) is 44.2 Å². The molecule has 0 aliphatic heterocycles. The van der Waals surface area contributed by atoms with Crippen LogP contribution in [0.25, 0.3) is 11.1 Å². The van der Waals surface area contributed by atoms with Crippen LogP contribution < -0.4 is 0 Å². The van der Waals surface area contributed by atoms with E-state index in [-0.39, 0.29) is 22.7 Å². The Labute approximate surface area is 203 Å². The number of nitrogens with zero attached hydrogens (tertiary/aromatic N) is 1. The monoisotopic (exact) mass is 479 g/mol. The van der Waals surface area contributed by atoms with Gasteiger partial charge in [-0.05, 0) is 54.7 Å². The predicted octanol–water partition coefficient (Wildman–Crippen LogP) is 7.27. The molecule has 2 aliphatic carbocycles. The number of aliphatic hydroxyl groups is 1. The summed E-state index contributed by atoms with van der Waals surface area (Å²) in [5.41, 5.74) is 3.41. The molecule has 1 atom stereocenters. The number of hydrogen-bond donors (Lipinski definition) is 1. The fourth-order valence-corrected chi connectivity index (χ4v) is 5.67. The number of ketones is 1. The van der Waals surface area contributed by atoms with E-state index < -0.39 is 17.8 Å². The number of carbonyl (C=O) groups is 1. The number of carbonyl (C=O) groups excluding carboxylic acids is 1. The van der Waals surface area contributed by atoms with Crippen LogP contribution in [0.5, 0.6) is 0 Å². The SMILES string of the molecule is CC(C)c1nc2c(c(-c3ccccc3)c1C(=O)c1ccc(C(F)(F)F)cc1)[C@@H](O)CC1(CCC1)C2. The Kier molecular flexibility index (Phi) is 5.83. The van der Waals surface area contributed by atoms with Crippen molar-refractivity contribution >= 4 is 5.78 Å². The average molecular weight is 480 g/mol. The Bertz CT molecular complexity index is 1260. The molecule has 0 saturated heterocycles. The zero-order valence-electron chi connectivity index (χ0n) is 19.8. The second kappa shape index (κ2) is 8.59. The molecule has 0 bridgehead atoms. The first-order chi connectivity index (χ1) is 16.6. The van der Waals surface area contributed by atoms with Gasteiger partial charge < -0.3 is 5.11 Å². The third-order valence-electron chi connectivity index (χ3n) is 7.57. The molecule has 1 fully saturated rings. The quantitative estimate of drug-likeness (QED) is 0.400. The molecule has 3 nitrogen and oxygen atoms in total. The highest BCUT2D eigenvalue weighted by Crippen LogP contribution is 2.55. The molecule has 6 heteroatoms. The number of fused-ring (bicyclic) bond motifs is 1. The molecule has 1 spiro atoms. The molecule has 1 saturated carbocycles. The van der Waals surface area contributed by atoms with E-state index in [0.29, 0.717) is 28.8 Å². The van der Waals surface area contributed by atoms with Crippen molar-refractivity contribution in [3.05, 3.63) is 88.2 Å². The van der Waals surface area contributed by atoms with Crippen molar-refractivity contribution in [1.29, 1.82) is 0 Å². The van der Waals surface area contributed by atoms with Gasteiger partial charge in [0, 0.05) is 22.4 Å². The number of rotatable bonds is 4. The molecule has 1 aromatic heterocycles. The smallest absolute Gasteiger partial charge is 0.388 e. The second-order valence-electron chi connectivity index (χ2n) is 10.3. The van der Waals surface area contributed by atoms with Crippen molar-refractivity contribution in [2.24, 2.45) is 5.41 Å². The lowest BCUT2D eigenvalue weighted by Gasteiger charge is -2.47. The van der Waals surface area contributed by atoms with Crippen molar-refractivity contribution < 1.29 is 23.1 Å². The van der Waals surface area contributed by atoms with E-state index in [9.17, 15) is 23.1 Å². The predicted molar refractivity (Wildman–Crippen MR) is 128 cm³/mol. The largest absolute Gasteiger partial charge is 0.416 e. The molecule has 1 N–H and O–H groups in total. The van der Waals surface area contributed by atoms with Crippen LogP contribution in [0.4, 0.5) is 13.2 Å². The number of pyridine rings is 1. The summed E-state index contributed by atoms with van der Waals surface area (Å²) in [6, 6.07) is 13.8. The van der Waals surface area contributed by atoms with Crippen LogP contribution in [-0.2, 0) is 12.6 Å². The molecule has 1 heterocycles. The number of alkyl halides is 3. The van der Waals surface area contributed by atoms with Gasteiger partial charge in [-0.3, -0.25) is 9.78 Å². The van der Waals surface area contributed by atoms with Crippen LogP contribution in [-0.4, -0.2) is 15.9 Å². The van der Waals surface area contributed by atoms with E-state index in [2.05, 4.69) is 0 Å². The Morgan fingerprint density at radius 3 is 2.26 bits per heavy atom. The van der Waals surface area contributed by atoms with E-state index in [1.165, 1.54) is 12.1 Å².